The van der Waals surface area contributed by atoms with E-state index in [-0.39, 0.29) is 17.6 Å². The van der Waals surface area contributed by atoms with Gasteiger partial charge in [-0.3, -0.25) is 4.90 Å². The highest BCUT2D eigenvalue weighted by Gasteiger charge is 2.14. The molecule has 114 valence electrons. The first-order valence-electron chi connectivity index (χ1n) is 7.30. The van der Waals surface area contributed by atoms with Gasteiger partial charge >= 0.3 is 0 Å². The molecule has 1 aromatic rings. The van der Waals surface area contributed by atoms with Crippen molar-refractivity contribution in [3.05, 3.63) is 29.6 Å². The molecule has 1 rings (SSSR count). The molecule has 0 bridgehead atoms. The minimum atomic E-state index is -0.366. The number of halogens is 1. The summed E-state index contributed by atoms with van der Waals surface area (Å²) in [6.07, 6.45) is 0. The van der Waals surface area contributed by atoms with Crippen LogP contribution in [0, 0.1) is 5.82 Å². The van der Waals surface area contributed by atoms with Crippen molar-refractivity contribution >= 4 is 0 Å². The van der Waals surface area contributed by atoms with Crippen molar-refractivity contribution in [2.24, 2.45) is 0 Å². The van der Waals surface area contributed by atoms with Crippen molar-refractivity contribution in [2.75, 3.05) is 13.1 Å². The minimum Gasteiger partial charge on any atom is -0.508 e. The molecule has 0 amide bonds. The third kappa shape index (κ3) is 4.76. The van der Waals surface area contributed by atoms with Crippen molar-refractivity contribution in [2.45, 2.75) is 52.7 Å². The zero-order valence-corrected chi connectivity index (χ0v) is 13.2. The van der Waals surface area contributed by atoms with Gasteiger partial charge < -0.3 is 10.4 Å². The summed E-state index contributed by atoms with van der Waals surface area (Å²) in [4.78, 5) is 2.40. The molecule has 1 unspecified atom stereocenters. The Kier molecular flexibility index (Phi) is 6.43. The van der Waals surface area contributed by atoms with Crippen molar-refractivity contribution in [3.8, 4) is 5.75 Å². The second kappa shape index (κ2) is 7.60. The number of benzene rings is 1. The van der Waals surface area contributed by atoms with E-state index in [1.165, 1.54) is 6.07 Å². The highest BCUT2D eigenvalue weighted by molar-refractivity contribution is 5.29. The van der Waals surface area contributed by atoms with Gasteiger partial charge in [-0.1, -0.05) is 6.07 Å². The predicted octanol–water partition coefficient (Wildman–Crippen LogP) is 3.30. The second-order valence-corrected chi connectivity index (χ2v) is 5.81. The molecule has 20 heavy (non-hydrogen) atoms. The zero-order chi connectivity index (χ0) is 15.3. The number of phenolic OH excluding ortho intramolecular Hbond substituents is 1. The summed E-state index contributed by atoms with van der Waals surface area (Å²) in [7, 11) is 0. The Morgan fingerprint density at radius 1 is 1.15 bits per heavy atom. The lowest BCUT2D eigenvalue weighted by molar-refractivity contribution is 0.174. The van der Waals surface area contributed by atoms with Crippen LogP contribution >= 0.6 is 0 Å². The highest BCUT2D eigenvalue weighted by Crippen LogP contribution is 2.20. The molecule has 0 aliphatic heterocycles. The van der Waals surface area contributed by atoms with Gasteiger partial charge in [0.1, 0.15) is 11.6 Å². The van der Waals surface area contributed by atoms with Crippen LogP contribution in [0.2, 0.25) is 0 Å². The normalized spacial score (nSPS) is 13.4. The van der Waals surface area contributed by atoms with Crippen molar-refractivity contribution in [3.63, 3.8) is 0 Å². The van der Waals surface area contributed by atoms with Gasteiger partial charge in [-0.2, -0.15) is 0 Å². The molecule has 0 saturated carbocycles. The molecule has 0 radical (unpaired) electrons. The molecule has 0 heterocycles. The number of nitrogens with one attached hydrogen (secondary N) is 1. The van der Waals surface area contributed by atoms with Gasteiger partial charge in [0.25, 0.3) is 0 Å². The van der Waals surface area contributed by atoms with E-state index in [1.807, 2.05) is 6.92 Å². The van der Waals surface area contributed by atoms with Gasteiger partial charge in [-0.05, 0) is 40.7 Å². The Bertz CT molecular complexity index is 413. The fourth-order valence-electron chi connectivity index (χ4n) is 2.50. The van der Waals surface area contributed by atoms with E-state index in [1.54, 1.807) is 6.07 Å². The van der Waals surface area contributed by atoms with Gasteiger partial charge in [-0.15, -0.1) is 0 Å². The Labute approximate surface area is 121 Å². The summed E-state index contributed by atoms with van der Waals surface area (Å²) in [6, 6.07) is 5.23. The Morgan fingerprint density at radius 3 is 2.25 bits per heavy atom. The minimum absolute atomic E-state index is 0.0377. The first-order chi connectivity index (χ1) is 9.32. The third-order valence-electron chi connectivity index (χ3n) is 3.60. The summed E-state index contributed by atoms with van der Waals surface area (Å²) >= 11 is 0. The van der Waals surface area contributed by atoms with Crippen LogP contribution in [0.1, 0.15) is 46.2 Å². The quantitative estimate of drug-likeness (QED) is 0.805. The van der Waals surface area contributed by atoms with E-state index in [2.05, 4.69) is 37.9 Å². The van der Waals surface area contributed by atoms with Crippen LogP contribution in [0.4, 0.5) is 4.39 Å². The highest BCUT2D eigenvalue weighted by atomic mass is 19.1. The lowest BCUT2D eigenvalue weighted by Gasteiger charge is -2.31. The van der Waals surface area contributed by atoms with E-state index in [0.717, 1.165) is 19.2 Å². The first-order valence-corrected chi connectivity index (χ1v) is 7.30. The van der Waals surface area contributed by atoms with E-state index in [9.17, 15) is 9.50 Å². The molecule has 0 aliphatic rings. The van der Waals surface area contributed by atoms with Gasteiger partial charge in [0.2, 0.25) is 0 Å². The molecule has 0 spiro atoms. The maximum atomic E-state index is 13.7. The summed E-state index contributed by atoms with van der Waals surface area (Å²) in [5.74, 6) is -0.404. The number of rotatable bonds is 7. The lowest BCUT2D eigenvalue weighted by Crippen LogP contribution is -2.41. The van der Waals surface area contributed by atoms with Crippen molar-refractivity contribution in [1.29, 1.82) is 0 Å². The number of nitrogens with zero attached hydrogens (tertiary/aromatic N) is 1. The van der Waals surface area contributed by atoms with Crippen LogP contribution in [0.25, 0.3) is 0 Å². The zero-order valence-electron chi connectivity index (χ0n) is 13.2. The summed E-state index contributed by atoms with van der Waals surface area (Å²) in [5.41, 5.74) is 0.587. The SMILES string of the molecule is CC(NCCN(C(C)C)C(C)C)c1ccc(O)cc1F. The van der Waals surface area contributed by atoms with E-state index in [4.69, 9.17) is 0 Å². The summed E-state index contributed by atoms with van der Waals surface area (Å²) < 4.78 is 13.7. The third-order valence-corrected chi connectivity index (χ3v) is 3.60. The predicted molar refractivity (Wildman–Crippen MR) is 81.5 cm³/mol. The topological polar surface area (TPSA) is 35.5 Å². The molecule has 4 heteroatoms. The van der Waals surface area contributed by atoms with Crippen LogP contribution in [-0.2, 0) is 0 Å². The van der Waals surface area contributed by atoms with E-state index in [0.29, 0.717) is 17.6 Å². The van der Waals surface area contributed by atoms with Crippen LogP contribution in [-0.4, -0.2) is 35.2 Å². The molecule has 0 saturated heterocycles. The van der Waals surface area contributed by atoms with E-state index < -0.39 is 0 Å². The van der Waals surface area contributed by atoms with E-state index >= 15 is 0 Å². The maximum absolute atomic E-state index is 13.7. The van der Waals surface area contributed by atoms with Gasteiger partial charge in [0, 0.05) is 42.8 Å². The number of aromatic hydroxyl groups is 1. The van der Waals surface area contributed by atoms with Gasteiger partial charge in [0.15, 0.2) is 0 Å². The fraction of sp³-hybridized carbons (Fsp3) is 0.625. The van der Waals surface area contributed by atoms with Crippen LogP contribution in [0.15, 0.2) is 18.2 Å². The molecule has 0 aliphatic carbocycles. The molecule has 1 aromatic carbocycles. The number of hydrogen-bond donors (Lipinski definition) is 2. The van der Waals surface area contributed by atoms with Gasteiger partial charge in [-0.25, -0.2) is 4.39 Å². The summed E-state index contributed by atoms with van der Waals surface area (Å²) in [6.45, 7) is 12.4. The first kappa shape index (κ1) is 16.9. The molecular weight excluding hydrogens is 255 g/mol. The molecule has 2 N–H and O–H groups in total. The monoisotopic (exact) mass is 282 g/mol. The molecule has 0 fully saturated rings. The smallest absolute Gasteiger partial charge is 0.131 e. The average molecular weight is 282 g/mol. The standard InChI is InChI=1S/C16H27FN2O/c1-11(2)19(12(3)4)9-8-18-13(5)15-7-6-14(20)10-16(15)17/h6-7,10-13,18,20H,8-9H2,1-5H3. The Balaban J connectivity index is 2.53. The largest absolute Gasteiger partial charge is 0.508 e. The maximum Gasteiger partial charge on any atom is 0.131 e. The Hall–Kier alpha value is -1.13. The number of hydrogen-bond acceptors (Lipinski definition) is 3. The molecule has 0 aromatic heterocycles. The molecule has 3 nitrogen and oxygen atoms in total. The van der Waals surface area contributed by atoms with Crippen LogP contribution < -0.4 is 5.32 Å². The Morgan fingerprint density at radius 2 is 1.75 bits per heavy atom. The number of phenols is 1. The van der Waals surface area contributed by atoms with Crippen LogP contribution in [0.5, 0.6) is 5.75 Å². The van der Waals surface area contributed by atoms with Crippen molar-refractivity contribution < 1.29 is 9.50 Å². The molecular formula is C16H27FN2O. The average Bonchev–Trinajstić information content (AvgIpc) is 2.33. The fourth-order valence-corrected chi connectivity index (χ4v) is 2.50. The lowest BCUT2D eigenvalue weighted by atomic mass is 10.1. The van der Waals surface area contributed by atoms with Crippen LogP contribution in [0.3, 0.4) is 0 Å². The summed E-state index contributed by atoms with van der Waals surface area (Å²) in [5, 5.41) is 12.6. The molecule has 1 atom stereocenters. The second-order valence-electron chi connectivity index (χ2n) is 5.81. The van der Waals surface area contributed by atoms with Gasteiger partial charge in [0.05, 0.1) is 0 Å². The van der Waals surface area contributed by atoms with Crippen molar-refractivity contribution in [1.82, 2.24) is 10.2 Å².